The molecule has 0 aromatic carbocycles. The summed E-state index contributed by atoms with van der Waals surface area (Å²) >= 11 is 1.67. The largest absolute Gasteiger partial charge is 0.352 e. The summed E-state index contributed by atoms with van der Waals surface area (Å²) in [4.78, 5) is 12.0. The summed E-state index contributed by atoms with van der Waals surface area (Å²) in [5.74, 6) is 1.04. The molecular weight excluding hydrogens is 322 g/mol. The third-order valence-electron chi connectivity index (χ3n) is 3.71. The first-order valence-corrected chi connectivity index (χ1v) is 10.8. The van der Waals surface area contributed by atoms with Gasteiger partial charge in [0.2, 0.25) is 15.9 Å². The van der Waals surface area contributed by atoms with Crippen molar-refractivity contribution in [2.75, 3.05) is 30.9 Å². The topological polar surface area (TPSA) is 92.5 Å². The van der Waals surface area contributed by atoms with Gasteiger partial charge in [-0.2, -0.15) is 11.8 Å². The monoisotopic (exact) mass is 351 g/mol. The van der Waals surface area contributed by atoms with E-state index in [9.17, 15) is 13.2 Å². The van der Waals surface area contributed by atoms with Crippen LogP contribution in [0.5, 0.6) is 0 Å². The van der Waals surface area contributed by atoms with Gasteiger partial charge in [-0.3, -0.25) is 4.79 Å². The van der Waals surface area contributed by atoms with Gasteiger partial charge in [0.25, 0.3) is 0 Å². The quantitative estimate of drug-likeness (QED) is 0.669. The van der Waals surface area contributed by atoms with Crippen molar-refractivity contribution in [1.82, 2.24) is 9.62 Å². The van der Waals surface area contributed by atoms with Crippen LogP contribution in [0.2, 0.25) is 0 Å². The third-order valence-corrected chi connectivity index (χ3v) is 6.59. The van der Waals surface area contributed by atoms with Crippen molar-refractivity contribution in [3.05, 3.63) is 0 Å². The number of thioether (sulfide) groups is 1. The van der Waals surface area contributed by atoms with E-state index >= 15 is 0 Å². The van der Waals surface area contributed by atoms with Crippen LogP contribution < -0.4 is 11.1 Å². The Morgan fingerprint density at radius 3 is 2.45 bits per heavy atom. The summed E-state index contributed by atoms with van der Waals surface area (Å²) in [6, 6.07) is -0.450. The lowest BCUT2D eigenvalue weighted by atomic mass is 10.1. The number of nitrogens with one attached hydrogen (secondary N) is 1. The van der Waals surface area contributed by atoms with Crippen molar-refractivity contribution in [2.24, 2.45) is 11.7 Å². The second kappa shape index (κ2) is 9.10. The van der Waals surface area contributed by atoms with E-state index in [4.69, 9.17) is 5.73 Å². The van der Waals surface area contributed by atoms with Crippen LogP contribution in [0.3, 0.4) is 0 Å². The van der Waals surface area contributed by atoms with Crippen molar-refractivity contribution in [3.63, 3.8) is 0 Å². The van der Waals surface area contributed by atoms with E-state index in [2.05, 4.69) is 5.32 Å². The lowest BCUT2D eigenvalue weighted by Crippen LogP contribution is -2.51. The van der Waals surface area contributed by atoms with E-state index in [0.29, 0.717) is 32.4 Å². The Labute approximate surface area is 138 Å². The average Bonchev–Trinajstić information content (AvgIpc) is 2.43. The second-order valence-electron chi connectivity index (χ2n) is 6.24. The SMILES string of the molecule is CSCCC(N)C(=O)NC1CCN(S(=O)(=O)CC(C)C)CC1. The fraction of sp³-hybridized carbons (Fsp3) is 0.929. The van der Waals surface area contributed by atoms with Gasteiger partial charge in [-0.15, -0.1) is 0 Å². The molecule has 8 heteroatoms. The molecule has 22 heavy (non-hydrogen) atoms. The van der Waals surface area contributed by atoms with Crippen LogP contribution >= 0.6 is 11.8 Å². The Morgan fingerprint density at radius 1 is 1.36 bits per heavy atom. The summed E-state index contributed by atoms with van der Waals surface area (Å²) in [5.41, 5.74) is 5.84. The summed E-state index contributed by atoms with van der Waals surface area (Å²) < 4.78 is 25.9. The molecule has 3 N–H and O–H groups in total. The van der Waals surface area contributed by atoms with Gasteiger partial charge in [-0.1, -0.05) is 13.8 Å². The van der Waals surface area contributed by atoms with Crippen LogP contribution in [0.1, 0.15) is 33.1 Å². The smallest absolute Gasteiger partial charge is 0.237 e. The maximum Gasteiger partial charge on any atom is 0.237 e. The number of carbonyl (C=O) groups excluding carboxylic acids is 1. The first-order chi connectivity index (χ1) is 10.3. The molecule has 0 aliphatic carbocycles. The van der Waals surface area contributed by atoms with Gasteiger partial charge in [0.05, 0.1) is 11.8 Å². The van der Waals surface area contributed by atoms with Crippen LogP contribution in [0, 0.1) is 5.92 Å². The minimum absolute atomic E-state index is 0.0262. The summed E-state index contributed by atoms with van der Waals surface area (Å²) in [6.45, 7) is 4.75. The molecule has 1 aliphatic heterocycles. The van der Waals surface area contributed by atoms with E-state index in [1.54, 1.807) is 16.1 Å². The van der Waals surface area contributed by atoms with Crippen molar-refractivity contribution in [2.45, 2.75) is 45.2 Å². The molecule has 1 unspecified atom stereocenters. The van der Waals surface area contributed by atoms with E-state index in [1.807, 2.05) is 20.1 Å². The molecule has 0 radical (unpaired) electrons. The Bertz CT molecular complexity index is 446. The number of rotatable bonds is 8. The molecule has 1 rings (SSSR count). The van der Waals surface area contributed by atoms with Gasteiger partial charge in [0.15, 0.2) is 0 Å². The molecule has 6 nitrogen and oxygen atoms in total. The van der Waals surface area contributed by atoms with Gasteiger partial charge in [0, 0.05) is 19.1 Å². The molecule has 1 fully saturated rings. The zero-order chi connectivity index (χ0) is 16.8. The molecule has 0 saturated carbocycles. The molecule has 1 amide bonds. The van der Waals surface area contributed by atoms with Crippen LogP contribution in [0.4, 0.5) is 0 Å². The Balaban J connectivity index is 2.41. The van der Waals surface area contributed by atoms with E-state index in [-0.39, 0.29) is 23.6 Å². The maximum atomic E-state index is 12.2. The molecule has 1 saturated heterocycles. The predicted octanol–water partition coefficient (Wildman–Crippen LogP) is 0.633. The zero-order valence-electron chi connectivity index (χ0n) is 13.7. The molecule has 0 spiro atoms. The molecule has 1 atom stereocenters. The molecular formula is C14H29N3O3S2. The van der Waals surface area contributed by atoms with E-state index in [0.717, 1.165) is 5.75 Å². The molecule has 1 aliphatic rings. The van der Waals surface area contributed by atoms with Crippen molar-refractivity contribution in [1.29, 1.82) is 0 Å². The minimum Gasteiger partial charge on any atom is -0.352 e. The van der Waals surface area contributed by atoms with E-state index < -0.39 is 16.1 Å². The lowest BCUT2D eigenvalue weighted by Gasteiger charge is -2.32. The summed E-state index contributed by atoms with van der Waals surface area (Å²) in [5, 5.41) is 2.95. The highest BCUT2D eigenvalue weighted by atomic mass is 32.2. The van der Waals surface area contributed by atoms with Gasteiger partial charge >= 0.3 is 0 Å². The average molecular weight is 352 g/mol. The fourth-order valence-corrected chi connectivity index (χ4v) is 4.80. The number of nitrogens with zero attached hydrogens (tertiary/aromatic N) is 1. The highest BCUT2D eigenvalue weighted by molar-refractivity contribution is 7.98. The van der Waals surface area contributed by atoms with Crippen molar-refractivity contribution < 1.29 is 13.2 Å². The highest BCUT2D eigenvalue weighted by Crippen LogP contribution is 2.16. The van der Waals surface area contributed by atoms with Crippen LogP contribution in [-0.4, -0.2) is 61.6 Å². The maximum absolute atomic E-state index is 12.2. The summed E-state index contributed by atoms with van der Waals surface area (Å²) in [6.07, 6.45) is 3.95. The fourth-order valence-electron chi connectivity index (χ4n) is 2.49. The summed E-state index contributed by atoms with van der Waals surface area (Å²) in [7, 11) is -3.17. The first kappa shape index (κ1) is 19.7. The number of hydrogen-bond acceptors (Lipinski definition) is 5. The van der Waals surface area contributed by atoms with Gasteiger partial charge in [0.1, 0.15) is 0 Å². The number of carbonyl (C=O) groups is 1. The highest BCUT2D eigenvalue weighted by Gasteiger charge is 2.29. The number of nitrogens with two attached hydrogens (primary N) is 1. The van der Waals surface area contributed by atoms with Gasteiger partial charge in [-0.25, -0.2) is 12.7 Å². The third kappa shape index (κ3) is 6.44. The Hall–Kier alpha value is -0.310. The Morgan fingerprint density at radius 2 is 1.95 bits per heavy atom. The Kier molecular flexibility index (Phi) is 8.16. The van der Waals surface area contributed by atoms with Crippen LogP contribution in [0.15, 0.2) is 0 Å². The molecule has 1 heterocycles. The standard InChI is InChI=1S/C14H29N3O3S2/c1-11(2)10-22(19,20)17-7-4-12(5-8-17)16-14(18)13(15)6-9-21-3/h11-13H,4-10,15H2,1-3H3,(H,16,18). The molecule has 0 aromatic rings. The van der Waals surface area contributed by atoms with E-state index in [1.165, 1.54) is 0 Å². The number of sulfonamides is 1. The lowest BCUT2D eigenvalue weighted by molar-refractivity contribution is -0.123. The normalized spacial score (nSPS) is 19.3. The van der Waals surface area contributed by atoms with Gasteiger partial charge < -0.3 is 11.1 Å². The van der Waals surface area contributed by atoms with Crippen molar-refractivity contribution in [3.8, 4) is 0 Å². The number of piperidine rings is 1. The first-order valence-electron chi connectivity index (χ1n) is 7.79. The molecule has 0 bridgehead atoms. The minimum atomic E-state index is -3.17. The molecule has 130 valence electrons. The van der Waals surface area contributed by atoms with Crippen molar-refractivity contribution >= 4 is 27.7 Å². The number of amides is 1. The van der Waals surface area contributed by atoms with Crippen LogP contribution in [-0.2, 0) is 14.8 Å². The van der Waals surface area contributed by atoms with Crippen LogP contribution in [0.25, 0.3) is 0 Å². The number of hydrogen-bond donors (Lipinski definition) is 2. The zero-order valence-corrected chi connectivity index (χ0v) is 15.4. The molecule has 0 aromatic heterocycles. The second-order valence-corrected chi connectivity index (χ2v) is 9.24. The predicted molar refractivity (Wildman–Crippen MR) is 92.3 cm³/mol. The van der Waals surface area contributed by atoms with Gasteiger partial charge in [-0.05, 0) is 37.2 Å².